The third-order valence-corrected chi connectivity index (χ3v) is 5.95. The summed E-state index contributed by atoms with van der Waals surface area (Å²) in [4.78, 5) is 16.3. The number of nitrogens with zero attached hydrogens (tertiary/aromatic N) is 2. The molecule has 0 spiro atoms. The third-order valence-electron chi connectivity index (χ3n) is 5.33. The number of carbonyl (C=O) groups is 1. The number of hydrogen-bond acceptors (Lipinski definition) is 6. The molecule has 0 radical (unpaired) electrons. The van der Waals surface area contributed by atoms with E-state index in [2.05, 4.69) is 21.2 Å². The summed E-state index contributed by atoms with van der Waals surface area (Å²) in [7, 11) is 0. The highest BCUT2D eigenvalue weighted by atomic mass is 79.9. The van der Waals surface area contributed by atoms with Gasteiger partial charge in [0.05, 0.1) is 5.56 Å². The monoisotopic (exact) mass is 541 g/mol. The molecule has 2 heterocycles. The molecule has 35 heavy (non-hydrogen) atoms. The smallest absolute Gasteiger partial charge is 0.255 e. The molecule has 0 fully saturated rings. The number of fused-ring (bicyclic) bond motifs is 1. The predicted octanol–water partition coefficient (Wildman–Crippen LogP) is 4.46. The summed E-state index contributed by atoms with van der Waals surface area (Å²) in [5.41, 5.74) is 15.3. The summed E-state index contributed by atoms with van der Waals surface area (Å²) in [5, 5.41) is 3.44. The number of rotatable bonds is 9. The molecule has 0 unspecified atom stereocenters. The number of aromatic nitrogens is 2. The second-order valence-corrected chi connectivity index (χ2v) is 8.80. The Balaban J connectivity index is 1.95. The third kappa shape index (κ3) is 5.23. The molecular formula is C25H25BrFN5O3. The number of benzene rings is 2. The molecule has 0 aliphatic heterocycles. The van der Waals surface area contributed by atoms with E-state index in [0.717, 1.165) is 16.8 Å². The fourth-order valence-electron chi connectivity index (χ4n) is 3.75. The normalized spacial score (nSPS) is 11.0. The molecule has 4 aromatic rings. The van der Waals surface area contributed by atoms with Crippen molar-refractivity contribution in [2.75, 3.05) is 25.1 Å². The van der Waals surface area contributed by atoms with E-state index in [0.29, 0.717) is 51.8 Å². The molecule has 5 N–H and O–H groups in total. The minimum Gasteiger partial charge on any atom is -0.492 e. The van der Waals surface area contributed by atoms with E-state index in [1.807, 2.05) is 32.0 Å². The largest absolute Gasteiger partial charge is 0.492 e. The van der Waals surface area contributed by atoms with Gasteiger partial charge in [-0.05, 0) is 59.1 Å². The number of halogens is 2. The lowest BCUT2D eigenvalue weighted by Gasteiger charge is -2.17. The van der Waals surface area contributed by atoms with Crippen LogP contribution >= 0.6 is 15.9 Å². The van der Waals surface area contributed by atoms with Crippen LogP contribution in [0.5, 0.6) is 11.5 Å². The zero-order valence-electron chi connectivity index (χ0n) is 19.3. The van der Waals surface area contributed by atoms with Crippen molar-refractivity contribution in [2.24, 2.45) is 11.5 Å². The van der Waals surface area contributed by atoms with Gasteiger partial charge >= 0.3 is 0 Å². The Labute approximate surface area is 210 Å². The van der Waals surface area contributed by atoms with Gasteiger partial charge < -0.3 is 26.3 Å². The summed E-state index contributed by atoms with van der Waals surface area (Å²) in [6, 6.07) is 12.3. The van der Waals surface area contributed by atoms with E-state index in [1.54, 1.807) is 22.6 Å². The summed E-state index contributed by atoms with van der Waals surface area (Å²) in [6.45, 7) is 4.26. The Morgan fingerprint density at radius 2 is 1.91 bits per heavy atom. The lowest BCUT2D eigenvalue weighted by Crippen LogP contribution is -2.20. The van der Waals surface area contributed by atoms with E-state index < -0.39 is 11.7 Å². The molecule has 4 rings (SSSR count). The lowest BCUT2D eigenvalue weighted by atomic mass is 10.1. The van der Waals surface area contributed by atoms with Gasteiger partial charge in [0, 0.05) is 29.0 Å². The molecule has 0 saturated heterocycles. The van der Waals surface area contributed by atoms with Crippen molar-refractivity contribution in [1.82, 2.24) is 9.38 Å². The molecule has 0 bridgehead atoms. The molecule has 0 aliphatic rings. The number of anilines is 2. The first-order chi connectivity index (χ1) is 16.8. The van der Waals surface area contributed by atoms with Gasteiger partial charge in [0.25, 0.3) is 5.91 Å². The molecule has 2 aromatic carbocycles. The Hall–Kier alpha value is -3.63. The Kier molecular flexibility index (Phi) is 7.23. The quantitative estimate of drug-likeness (QED) is 0.288. The maximum Gasteiger partial charge on any atom is 0.255 e. The van der Waals surface area contributed by atoms with Crippen LogP contribution in [-0.2, 0) is 4.79 Å². The average molecular weight is 542 g/mol. The van der Waals surface area contributed by atoms with Crippen molar-refractivity contribution in [3.8, 4) is 22.8 Å². The molecular weight excluding hydrogens is 517 g/mol. The van der Waals surface area contributed by atoms with Crippen LogP contribution in [0.3, 0.4) is 0 Å². The second kappa shape index (κ2) is 10.3. The number of primary amides is 1. The fraction of sp³-hybridized carbons (Fsp3) is 0.200. The van der Waals surface area contributed by atoms with E-state index in [1.165, 1.54) is 12.3 Å². The molecule has 8 nitrogen and oxygen atoms in total. The van der Waals surface area contributed by atoms with Crippen molar-refractivity contribution < 1.29 is 18.7 Å². The number of hydrogen-bond donors (Lipinski definition) is 3. The van der Waals surface area contributed by atoms with Crippen LogP contribution in [0.2, 0.25) is 0 Å². The van der Waals surface area contributed by atoms with E-state index in [4.69, 9.17) is 25.9 Å². The number of nitrogens with two attached hydrogens (primary N) is 2. The number of amides is 1. The summed E-state index contributed by atoms with van der Waals surface area (Å²) >= 11 is 3.60. The topological polar surface area (TPSA) is 117 Å². The zero-order valence-corrected chi connectivity index (χ0v) is 20.9. The number of para-hydroxylation sites is 1. The summed E-state index contributed by atoms with van der Waals surface area (Å²) in [6.07, 6.45) is 1.36. The van der Waals surface area contributed by atoms with Crippen LogP contribution in [0, 0.1) is 19.7 Å². The van der Waals surface area contributed by atoms with Gasteiger partial charge in [0.15, 0.2) is 6.61 Å². The van der Waals surface area contributed by atoms with Crippen LogP contribution in [0.1, 0.15) is 11.1 Å². The second-order valence-electron chi connectivity index (χ2n) is 7.95. The van der Waals surface area contributed by atoms with Crippen molar-refractivity contribution in [2.45, 2.75) is 13.8 Å². The van der Waals surface area contributed by atoms with Gasteiger partial charge in [-0.25, -0.2) is 9.37 Å². The standard InChI is InChI=1S/C25H25BrFN5O3/c1-14-4-3-5-15(2)23(14)31-25-24(30-21-7-6-16(27)12-32(21)25)22-18(26)10-17(34-9-8-28)11-19(22)35-13-20(29)33/h3-7,10-12,31H,8-9,13,28H2,1-2H3,(H2,29,33). The zero-order chi connectivity index (χ0) is 25.1. The average Bonchev–Trinajstić information content (AvgIpc) is 3.15. The van der Waals surface area contributed by atoms with Crippen molar-refractivity contribution in [3.63, 3.8) is 0 Å². The highest BCUT2D eigenvalue weighted by Crippen LogP contribution is 2.44. The number of carbonyl (C=O) groups excluding carboxylic acids is 1. The summed E-state index contributed by atoms with van der Waals surface area (Å²) < 4.78 is 27.9. The van der Waals surface area contributed by atoms with E-state index >= 15 is 0 Å². The minimum absolute atomic E-state index is 0.300. The lowest BCUT2D eigenvalue weighted by molar-refractivity contribution is -0.119. The number of ether oxygens (including phenoxy) is 2. The molecule has 0 aliphatic carbocycles. The molecule has 10 heteroatoms. The number of imidazole rings is 1. The van der Waals surface area contributed by atoms with Crippen LogP contribution in [0.25, 0.3) is 16.9 Å². The van der Waals surface area contributed by atoms with Gasteiger partial charge in [0.1, 0.15) is 41.1 Å². The summed E-state index contributed by atoms with van der Waals surface area (Å²) in [5.74, 6) is 0.285. The Morgan fingerprint density at radius 1 is 1.17 bits per heavy atom. The van der Waals surface area contributed by atoms with Crippen LogP contribution in [-0.4, -0.2) is 35.1 Å². The van der Waals surface area contributed by atoms with Crippen LogP contribution in [0.15, 0.2) is 53.1 Å². The minimum atomic E-state index is -0.633. The van der Waals surface area contributed by atoms with E-state index in [-0.39, 0.29) is 6.61 Å². The van der Waals surface area contributed by atoms with Gasteiger partial charge in [-0.1, -0.05) is 18.2 Å². The maximum atomic E-state index is 14.3. The maximum absolute atomic E-state index is 14.3. The SMILES string of the molecule is Cc1cccc(C)c1Nc1c(-c2c(Br)cc(OCCN)cc2OCC(N)=O)nc2ccc(F)cn12. The molecule has 182 valence electrons. The first-order valence-corrected chi connectivity index (χ1v) is 11.7. The number of pyridine rings is 1. The predicted molar refractivity (Wildman–Crippen MR) is 137 cm³/mol. The highest BCUT2D eigenvalue weighted by molar-refractivity contribution is 9.10. The van der Waals surface area contributed by atoms with E-state index in [9.17, 15) is 9.18 Å². The van der Waals surface area contributed by atoms with Gasteiger partial charge in [0.2, 0.25) is 0 Å². The van der Waals surface area contributed by atoms with Crippen molar-refractivity contribution in [1.29, 1.82) is 0 Å². The number of nitrogens with one attached hydrogen (secondary N) is 1. The first-order valence-electron chi connectivity index (χ1n) is 10.9. The Bertz CT molecular complexity index is 1390. The highest BCUT2D eigenvalue weighted by Gasteiger charge is 2.23. The van der Waals surface area contributed by atoms with Gasteiger partial charge in [-0.3, -0.25) is 9.20 Å². The van der Waals surface area contributed by atoms with Crippen LogP contribution in [0.4, 0.5) is 15.9 Å². The van der Waals surface area contributed by atoms with Gasteiger partial charge in [-0.2, -0.15) is 0 Å². The molecule has 2 aromatic heterocycles. The van der Waals surface area contributed by atoms with Crippen molar-refractivity contribution in [3.05, 3.63) is 70.1 Å². The van der Waals surface area contributed by atoms with Crippen molar-refractivity contribution >= 4 is 39.0 Å². The Morgan fingerprint density at radius 3 is 2.60 bits per heavy atom. The molecule has 0 saturated carbocycles. The molecule has 0 atom stereocenters. The van der Waals surface area contributed by atoms with Crippen LogP contribution < -0.4 is 26.3 Å². The molecule has 1 amide bonds. The number of aryl methyl sites for hydroxylation is 2. The fourth-order valence-corrected chi connectivity index (χ4v) is 4.36. The van der Waals surface area contributed by atoms with Gasteiger partial charge in [-0.15, -0.1) is 0 Å². The first kappa shape index (κ1) is 24.5.